The Morgan fingerprint density at radius 2 is 1.81 bits per heavy atom. The number of rotatable bonds is 5. The Morgan fingerprint density at radius 3 is 2.30 bits per heavy atom. The maximum Gasteiger partial charge on any atom is 0.308 e. The zero-order valence-electron chi connectivity index (χ0n) is 15.0. The van der Waals surface area contributed by atoms with Crippen LogP contribution in [0.25, 0.3) is 11.3 Å². The van der Waals surface area contributed by atoms with Crippen molar-refractivity contribution < 1.29 is 36.9 Å². The van der Waals surface area contributed by atoms with E-state index in [1.54, 1.807) is 18.2 Å². The monoisotopic (exact) mass is 397 g/mol. The first-order chi connectivity index (χ1) is 12.8. The third-order valence-corrected chi connectivity index (χ3v) is 5.83. The van der Waals surface area contributed by atoms with E-state index in [1.165, 1.54) is 14.2 Å². The van der Waals surface area contributed by atoms with E-state index in [-0.39, 0.29) is 29.7 Å². The van der Waals surface area contributed by atoms with Crippen LogP contribution in [0.5, 0.6) is 23.0 Å². The molecule has 1 fully saturated rings. The number of sulfonamides is 1. The highest BCUT2D eigenvalue weighted by Crippen LogP contribution is 2.50. The number of methoxy groups -OCH3 is 2. The van der Waals surface area contributed by atoms with Crippen molar-refractivity contribution in [3.05, 3.63) is 18.2 Å². The molecule has 1 aliphatic heterocycles. The molecule has 0 saturated carbocycles. The van der Waals surface area contributed by atoms with E-state index in [2.05, 4.69) is 0 Å². The summed E-state index contributed by atoms with van der Waals surface area (Å²) in [6.45, 7) is 1.30. The van der Waals surface area contributed by atoms with Crippen LogP contribution in [0.2, 0.25) is 0 Å². The lowest BCUT2D eigenvalue weighted by molar-refractivity contribution is -0.132. The van der Waals surface area contributed by atoms with Gasteiger partial charge in [0.25, 0.3) is 5.88 Å². The molecule has 0 aliphatic carbocycles. The molecule has 9 nitrogen and oxygen atoms in total. The number of hydrogen-bond donors (Lipinski definition) is 1. The first kappa shape index (κ1) is 18.9. The van der Waals surface area contributed by atoms with Gasteiger partial charge in [0.1, 0.15) is 11.5 Å². The van der Waals surface area contributed by atoms with Crippen LogP contribution in [-0.4, -0.2) is 46.0 Å². The maximum absolute atomic E-state index is 12.3. The van der Waals surface area contributed by atoms with E-state index < -0.39 is 21.7 Å². The van der Waals surface area contributed by atoms with Crippen LogP contribution in [0, 0.1) is 0 Å². The van der Waals surface area contributed by atoms with E-state index in [0.29, 0.717) is 23.5 Å². The lowest BCUT2D eigenvalue weighted by Crippen LogP contribution is -2.25. The highest BCUT2D eigenvalue weighted by molar-refractivity contribution is 7.93. The third kappa shape index (κ3) is 3.52. The van der Waals surface area contributed by atoms with Gasteiger partial charge >= 0.3 is 5.97 Å². The minimum Gasteiger partial charge on any atom is -0.502 e. The molecule has 3 rings (SSSR count). The Hall–Kier alpha value is -2.88. The Labute approximate surface area is 156 Å². The Bertz CT molecular complexity index is 957. The molecule has 0 spiro atoms. The number of anilines is 1. The van der Waals surface area contributed by atoms with E-state index in [4.69, 9.17) is 18.6 Å². The summed E-state index contributed by atoms with van der Waals surface area (Å²) in [5.74, 6) is -1.05. The first-order valence-corrected chi connectivity index (χ1v) is 9.65. The number of carbonyl (C=O) groups is 1. The van der Waals surface area contributed by atoms with Gasteiger partial charge in [-0.1, -0.05) is 0 Å². The fourth-order valence-corrected chi connectivity index (χ4v) is 4.29. The fraction of sp³-hybridized carbons (Fsp3) is 0.353. The molecule has 0 amide bonds. The number of benzene rings is 1. The fourth-order valence-electron chi connectivity index (χ4n) is 2.80. The van der Waals surface area contributed by atoms with Crippen LogP contribution in [0.4, 0.5) is 5.88 Å². The topological polar surface area (TPSA) is 116 Å². The van der Waals surface area contributed by atoms with Gasteiger partial charge in [-0.2, -0.15) is 0 Å². The molecule has 0 bridgehead atoms. The van der Waals surface area contributed by atoms with Crippen molar-refractivity contribution in [2.75, 3.05) is 30.8 Å². The van der Waals surface area contributed by atoms with E-state index in [0.717, 1.165) is 11.2 Å². The second kappa shape index (κ2) is 7.03. The van der Waals surface area contributed by atoms with Gasteiger partial charge in [0.15, 0.2) is 5.76 Å². The number of esters is 1. The standard InChI is InChI=1S/C17H19NO8S/c1-10(19)25-16-14(20)15(11-7-12(23-2)9-13(8-11)24-3)26-17(16)18-5-4-6-27(18,21)22/h7-9,20H,4-6H2,1-3H3. The second-order valence-corrected chi connectivity index (χ2v) is 7.86. The summed E-state index contributed by atoms with van der Waals surface area (Å²) in [6, 6.07) is 4.77. The second-order valence-electron chi connectivity index (χ2n) is 5.85. The van der Waals surface area contributed by atoms with Gasteiger partial charge < -0.3 is 23.7 Å². The molecular formula is C17H19NO8S. The molecule has 1 aromatic heterocycles. The average molecular weight is 397 g/mol. The van der Waals surface area contributed by atoms with Gasteiger partial charge in [0, 0.05) is 25.1 Å². The van der Waals surface area contributed by atoms with Crippen LogP contribution in [0.15, 0.2) is 22.6 Å². The van der Waals surface area contributed by atoms with Crippen molar-refractivity contribution in [2.45, 2.75) is 13.3 Å². The van der Waals surface area contributed by atoms with Crippen molar-refractivity contribution in [3.8, 4) is 34.3 Å². The number of ether oxygens (including phenoxy) is 3. The van der Waals surface area contributed by atoms with E-state index in [9.17, 15) is 18.3 Å². The molecule has 1 aromatic carbocycles. The van der Waals surface area contributed by atoms with Crippen LogP contribution in [0.3, 0.4) is 0 Å². The highest BCUT2D eigenvalue weighted by Gasteiger charge is 2.37. The van der Waals surface area contributed by atoms with Crippen molar-refractivity contribution in [1.29, 1.82) is 0 Å². The molecule has 0 unspecified atom stereocenters. The number of hydrogen-bond acceptors (Lipinski definition) is 8. The van der Waals surface area contributed by atoms with E-state index in [1.807, 2.05) is 0 Å². The Balaban J connectivity index is 2.19. The molecule has 146 valence electrons. The van der Waals surface area contributed by atoms with Crippen molar-refractivity contribution >= 4 is 21.9 Å². The number of aromatic hydroxyl groups is 1. The maximum atomic E-state index is 12.3. The molecule has 0 radical (unpaired) electrons. The summed E-state index contributed by atoms with van der Waals surface area (Å²) in [5.41, 5.74) is 0.361. The lowest BCUT2D eigenvalue weighted by atomic mass is 10.1. The van der Waals surface area contributed by atoms with Gasteiger partial charge in [-0.05, 0) is 18.6 Å². The summed E-state index contributed by atoms with van der Waals surface area (Å²) in [7, 11) is -0.691. The zero-order chi connectivity index (χ0) is 19.8. The first-order valence-electron chi connectivity index (χ1n) is 8.05. The molecule has 1 N–H and O–H groups in total. The van der Waals surface area contributed by atoms with Crippen molar-refractivity contribution in [1.82, 2.24) is 0 Å². The minimum absolute atomic E-state index is 0.0592. The SMILES string of the molecule is COc1cc(OC)cc(-c2oc(N3CCCS3(=O)=O)c(OC(C)=O)c2O)c1. The van der Waals surface area contributed by atoms with Gasteiger partial charge in [0.05, 0.1) is 20.0 Å². The molecule has 1 aliphatic rings. The smallest absolute Gasteiger partial charge is 0.308 e. The number of carbonyl (C=O) groups excluding carboxylic acids is 1. The molecule has 27 heavy (non-hydrogen) atoms. The predicted octanol–water partition coefficient (Wildman–Crippen LogP) is 2.13. The molecule has 2 heterocycles. The Morgan fingerprint density at radius 1 is 1.19 bits per heavy atom. The summed E-state index contributed by atoms with van der Waals surface area (Å²) in [5, 5.41) is 10.6. The van der Waals surface area contributed by atoms with Crippen LogP contribution in [0.1, 0.15) is 13.3 Å². The quantitative estimate of drug-likeness (QED) is 0.763. The highest BCUT2D eigenvalue weighted by atomic mass is 32.2. The molecule has 0 atom stereocenters. The normalized spacial score (nSPS) is 15.6. The molecular weight excluding hydrogens is 378 g/mol. The van der Waals surface area contributed by atoms with Gasteiger partial charge in [-0.15, -0.1) is 0 Å². The van der Waals surface area contributed by atoms with Crippen molar-refractivity contribution in [3.63, 3.8) is 0 Å². The van der Waals surface area contributed by atoms with Crippen LogP contribution < -0.4 is 18.5 Å². The van der Waals surface area contributed by atoms with Crippen LogP contribution in [-0.2, 0) is 14.8 Å². The summed E-state index contributed by atoms with van der Waals surface area (Å²) < 4.78 is 46.6. The molecule has 10 heteroatoms. The van der Waals surface area contributed by atoms with Gasteiger partial charge in [0.2, 0.25) is 21.5 Å². The lowest BCUT2D eigenvalue weighted by Gasteiger charge is -2.14. The number of nitrogens with zero attached hydrogens (tertiary/aromatic N) is 1. The largest absolute Gasteiger partial charge is 0.502 e. The van der Waals surface area contributed by atoms with Gasteiger partial charge in [-0.3, -0.25) is 4.79 Å². The number of furan rings is 1. The Kier molecular flexibility index (Phi) is 4.92. The predicted molar refractivity (Wildman–Crippen MR) is 96.0 cm³/mol. The summed E-state index contributed by atoms with van der Waals surface area (Å²) >= 11 is 0. The van der Waals surface area contributed by atoms with Gasteiger partial charge in [-0.25, -0.2) is 12.7 Å². The average Bonchev–Trinajstić information content (AvgIpc) is 3.13. The molecule has 1 saturated heterocycles. The van der Waals surface area contributed by atoms with Crippen LogP contribution >= 0.6 is 0 Å². The zero-order valence-corrected chi connectivity index (χ0v) is 15.8. The summed E-state index contributed by atoms with van der Waals surface area (Å²) in [4.78, 5) is 11.5. The van der Waals surface area contributed by atoms with Crippen molar-refractivity contribution in [2.24, 2.45) is 0 Å². The summed E-state index contributed by atoms with van der Waals surface area (Å²) in [6.07, 6.45) is 0.394. The minimum atomic E-state index is -3.62. The van der Waals surface area contributed by atoms with E-state index >= 15 is 0 Å². The third-order valence-electron chi connectivity index (χ3n) is 4.01. The molecule has 2 aromatic rings.